The SMILES string of the molecule is CNC(=O)[C@@H]1C[C@H]2CN(Cc3nccs3)C[C@H]2N1S(C)(=O)=O. The highest BCUT2D eigenvalue weighted by Crippen LogP contribution is 2.38. The molecule has 0 saturated carbocycles. The molecule has 2 aliphatic rings. The molecule has 3 rings (SSSR count). The third-order valence-corrected chi connectivity index (χ3v) is 6.47. The molecular formula is C13H20N4O3S2. The van der Waals surface area contributed by atoms with E-state index in [9.17, 15) is 13.2 Å². The molecule has 0 spiro atoms. The molecule has 1 aromatic heterocycles. The summed E-state index contributed by atoms with van der Waals surface area (Å²) in [6, 6.07) is -0.686. The zero-order valence-electron chi connectivity index (χ0n) is 12.6. The van der Waals surface area contributed by atoms with Gasteiger partial charge in [-0.05, 0) is 12.3 Å². The summed E-state index contributed by atoms with van der Waals surface area (Å²) < 4.78 is 25.7. The normalized spacial score (nSPS) is 29.6. The molecule has 0 aromatic carbocycles. The van der Waals surface area contributed by atoms with Crippen LogP contribution >= 0.6 is 11.3 Å². The van der Waals surface area contributed by atoms with E-state index in [1.54, 1.807) is 24.6 Å². The first kappa shape index (κ1) is 15.9. The van der Waals surface area contributed by atoms with E-state index >= 15 is 0 Å². The molecule has 1 N–H and O–H groups in total. The number of hydrogen-bond acceptors (Lipinski definition) is 6. The molecular weight excluding hydrogens is 324 g/mol. The van der Waals surface area contributed by atoms with Crippen LogP contribution in [0.2, 0.25) is 0 Å². The molecule has 0 bridgehead atoms. The number of likely N-dealkylation sites (tertiary alicyclic amines) is 1. The van der Waals surface area contributed by atoms with Crippen LogP contribution < -0.4 is 5.32 Å². The van der Waals surface area contributed by atoms with Gasteiger partial charge in [0, 0.05) is 37.8 Å². The average molecular weight is 344 g/mol. The van der Waals surface area contributed by atoms with Crippen molar-refractivity contribution in [1.82, 2.24) is 19.5 Å². The zero-order valence-corrected chi connectivity index (χ0v) is 14.2. The second-order valence-electron chi connectivity index (χ2n) is 5.91. The molecule has 22 heavy (non-hydrogen) atoms. The fraction of sp³-hybridized carbons (Fsp3) is 0.692. The van der Waals surface area contributed by atoms with Crippen LogP contribution in [-0.2, 0) is 21.4 Å². The molecule has 122 valence electrons. The van der Waals surface area contributed by atoms with Crippen molar-refractivity contribution in [2.24, 2.45) is 5.92 Å². The van der Waals surface area contributed by atoms with Gasteiger partial charge in [-0.3, -0.25) is 9.69 Å². The van der Waals surface area contributed by atoms with Crippen LogP contribution in [0.1, 0.15) is 11.4 Å². The summed E-state index contributed by atoms with van der Waals surface area (Å²) in [4.78, 5) is 18.5. The van der Waals surface area contributed by atoms with Crippen molar-refractivity contribution < 1.29 is 13.2 Å². The van der Waals surface area contributed by atoms with Crippen molar-refractivity contribution in [3.63, 3.8) is 0 Å². The molecule has 7 nitrogen and oxygen atoms in total. The van der Waals surface area contributed by atoms with E-state index in [-0.39, 0.29) is 17.9 Å². The Bertz CT molecular complexity index is 646. The van der Waals surface area contributed by atoms with Crippen LogP contribution in [0.25, 0.3) is 0 Å². The molecule has 0 unspecified atom stereocenters. The number of rotatable bonds is 4. The molecule has 2 saturated heterocycles. The van der Waals surface area contributed by atoms with Crippen LogP contribution in [0.5, 0.6) is 0 Å². The fourth-order valence-corrected chi connectivity index (χ4v) is 5.63. The Morgan fingerprint density at radius 3 is 2.86 bits per heavy atom. The van der Waals surface area contributed by atoms with E-state index in [1.807, 2.05) is 5.38 Å². The average Bonchev–Trinajstić information content (AvgIpc) is 3.11. The lowest BCUT2D eigenvalue weighted by molar-refractivity contribution is -0.124. The van der Waals surface area contributed by atoms with Gasteiger partial charge in [-0.1, -0.05) is 0 Å². The summed E-state index contributed by atoms with van der Waals surface area (Å²) in [7, 11) is -1.87. The Balaban J connectivity index is 1.76. The molecule has 1 aromatic rings. The maximum Gasteiger partial charge on any atom is 0.238 e. The third-order valence-electron chi connectivity index (χ3n) is 4.42. The quantitative estimate of drug-likeness (QED) is 0.813. The highest BCUT2D eigenvalue weighted by molar-refractivity contribution is 7.88. The molecule has 9 heteroatoms. The van der Waals surface area contributed by atoms with Gasteiger partial charge in [0.05, 0.1) is 12.8 Å². The number of amides is 1. The van der Waals surface area contributed by atoms with Crippen LogP contribution in [0.4, 0.5) is 0 Å². The Labute approximate surface area is 134 Å². The molecule has 1 amide bonds. The van der Waals surface area contributed by atoms with Gasteiger partial charge in [-0.15, -0.1) is 11.3 Å². The minimum atomic E-state index is -3.41. The number of likely N-dealkylation sites (N-methyl/N-ethyl adjacent to an activating group) is 1. The standard InChI is InChI=1S/C13H20N4O3S2/c1-14-13(18)10-5-9-6-16(8-12-15-3-4-21-12)7-11(9)17(10)22(2,19)20/h3-4,9-11H,5-8H2,1-2H3,(H,14,18)/t9-,10-,11+/m0/s1. The van der Waals surface area contributed by atoms with Gasteiger partial charge in [0.1, 0.15) is 11.0 Å². The largest absolute Gasteiger partial charge is 0.358 e. The van der Waals surface area contributed by atoms with Crippen LogP contribution in [0.15, 0.2) is 11.6 Å². The summed E-state index contributed by atoms with van der Waals surface area (Å²) in [5.74, 6) is -0.0108. The number of nitrogens with zero attached hydrogens (tertiary/aromatic N) is 3. The monoisotopic (exact) mass is 344 g/mol. The highest BCUT2D eigenvalue weighted by Gasteiger charge is 2.52. The minimum absolute atomic E-state index is 0.114. The number of carbonyl (C=O) groups is 1. The van der Waals surface area contributed by atoms with Crippen molar-refractivity contribution in [3.8, 4) is 0 Å². The Kier molecular flexibility index (Phi) is 4.23. The van der Waals surface area contributed by atoms with E-state index in [1.165, 1.54) is 10.6 Å². The summed E-state index contributed by atoms with van der Waals surface area (Å²) >= 11 is 1.60. The van der Waals surface area contributed by atoms with Gasteiger partial charge in [0.25, 0.3) is 0 Å². The van der Waals surface area contributed by atoms with E-state index in [4.69, 9.17) is 0 Å². The van der Waals surface area contributed by atoms with Gasteiger partial charge < -0.3 is 5.32 Å². The number of hydrogen-bond donors (Lipinski definition) is 1. The van der Waals surface area contributed by atoms with Gasteiger partial charge in [0.2, 0.25) is 15.9 Å². The maximum atomic E-state index is 12.1. The Morgan fingerprint density at radius 1 is 1.50 bits per heavy atom. The first-order valence-electron chi connectivity index (χ1n) is 7.21. The van der Waals surface area contributed by atoms with E-state index in [0.29, 0.717) is 13.0 Å². The lowest BCUT2D eigenvalue weighted by Gasteiger charge is -2.27. The van der Waals surface area contributed by atoms with Crippen molar-refractivity contribution >= 4 is 27.3 Å². The lowest BCUT2D eigenvalue weighted by Crippen LogP contribution is -2.49. The number of carbonyl (C=O) groups excluding carboxylic acids is 1. The van der Waals surface area contributed by atoms with Gasteiger partial charge in [0.15, 0.2) is 0 Å². The van der Waals surface area contributed by atoms with Crippen molar-refractivity contribution in [2.75, 3.05) is 26.4 Å². The highest BCUT2D eigenvalue weighted by atomic mass is 32.2. The van der Waals surface area contributed by atoms with Gasteiger partial charge in [-0.25, -0.2) is 13.4 Å². The number of nitrogens with one attached hydrogen (secondary N) is 1. The summed E-state index contributed by atoms with van der Waals surface area (Å²) in [6.07, 6.45) is 3.56. The fourth-order valence-electron chi connectivity index (χ4n) is 3.60. The number of sulfonamides is 1. The molecule has 0 radical (unpaired) electrons. The van der Waals surface area contributed by atoms with E-state index in [2.05, 4.69) is 15.2 Å². The van der Waals surface area contributed by atoms with Gasteiger partial charge >= 0.3 is 0 Å². The van der Waals surface area contributed by atoms with Crippen LogP contribution in [0, 0.1) is 5.92 Å². The van der Waals surface area contributed by atoms with Crippen molar-refractivity contribution in [2.45, 2.75) is 25.0 Å². The minimum Gasteiger partial charge on any atom is -0.358 e. The zero-order chi connectivity index (χ0) is 15.9. The number of aromatic nitrogens is 1. The molecule has 2 fully saturated rings. The van der Waals surface area contributed by atoms with E-state index < -0.39 is 16.1 Å². The summed E-state index contributed by atoms with van der Waals surface area (Å²) in [6.45, 7) is 2.21. The summed E-state index contributed by atoms with van der Waals surface area (Å²) in [5, 5.41) is 5.56. The van der Waals surface area contributed by atoms with Crippen molar-refractivity contribution in [1.29, 1.82) is 0 Å². The van der Waals surface area contributed by atoms with Crippen LogP contribution in [0.3, 0.4) is 0 Å². The van der Waals surface area contributed by atoms with E-state index in [0.717, 1.165) is 18.1 Å². The Hall–Kier alpha value is -1.03. The predicted octanol–water partition coefficient (Wildman–Crippen LogP) is -0.277. The first-order valence-corrected chi connectivity index (χ1v) is 9.93. The predicted molar refractivity (Wildman–Crippen MR) is 83.8 cm³/mol. The third kappa shape index (κ3) is 2.90. The lowest BCUT2D eigenvalue weighted by atomic mass is 10.0. The molecule has 0 aliphatic carbocycles. The summed E-state index contributed by atoms with van der Waals surface area (Å²) in [5.41, 5.74) is 0. The second-order valence-corrected chi connectivity index (χ2v) is 8.77. The van der Waals surface area contributed by atoms with Crippen LogP contribution in [-0.4, -0.2) is 67.0 Å². The molecule has 2 aliphatic heterocycles. The number of fused-ring (bicyclic) bond motifs is 1. The topological polar surface area (TPSA) is 82.6 Å². The van der Waals surface area contributed by atoms with Gasteiger partial charge in [-0.2, -0.15) is 4.31 Å². The molecule has 3 heterocycles. The first-order chi connectivity index (χ1) is 10.4. The maximum absolute atomic E-state index is 12.1. The Morgan fingerprint density at radius 2 is 2.27 bits per heavy atom. The second kappa shape index (κ2) is 5.88. The number of thiazole rings is 1. The smallest absolute Gasteiger partial charge is 0.238 e. The van der Waals surface area contributed by atoms with Crippen molar-refractivity contribution in [3.05, 3.63) is 16.6 Å². The molecule has 3 atom stereocenters.